The van der Waals surface area contributed by atoms with E-state index in [1.54, 1.807) is 25.1 Å². The number of alkyl halides is 4. The first-order valence-electron chi connectivity index (χ1n) is 7.19. The third kappa shape index (κ3) is 6.54. The zero-order valence-corrected chi connectivity index (χ0v) is 15.9. The summed E-state index contributed by atoms with van der Waals surface area (Å²) in [4.78, 5) is 3.94. The fourth-order valence-corrected chi connectivity index (χ4v) is 2.52. The first-order chi connectivity index (χ1) is 11.2. The third-order valence-corrected chi connectivity index (χ3v) is 3.87. The monoisotopic (exact) mass is 421 g/mol. The molecule has 1 saturated carbocycles. The van der Waals surface area contributed by atoms with Crippen LogP contribution in [0.2, 0.25) is 0 Å². The molecular weight excluding hydrogens is 405 g/mol. The van der Waals surface area contributed by atoms with Crippen molar-refractivity contribution in [1.29, 1.82) is 0 Å². The number of hydrogen-bond acceptors (Lipinski definition) is 2. The molecule has 24 heavy (non-hydrogen) atoms. The molecule has 3 unspecified atom stereocenters. The van der Waals surface area contributed by atoms with Crippen LogP contribution in [0.25, 0.3) is 0 Å². The summed E-state index contributed by atoms with van der Waals surface area (Å²) in [6.07, 6.45) is -5.07. The van der Waals surface area contributed by atoms with Crippen molar-refractivity contribution in [3.8, 4) is 5.75 Å². The molecule has 0 bridgehead atoms. The van der Waals surface area contributed by atoms with Crippen LogP contribution in [0.5, 0.6) is 5.75 Å². The Morgan fingerprint density at radius 1 is 1.29 bits per heavy atom. The van der Waals surface area contributed by atoms with Gasteiger partial charge in [0.05, 0.1) is 12.0 Å². The average molecular weight is 422 g/mol. The van der Waals surface area contributed by atoms with Crippen molar-refractivity contribution < 1.29 is 39.7 Å². The Bertz CT molecular complexity index is 557. The molecule has 0 aromatic heterocycles. The quantitative estimate of drug-likeness (QED) is 0.378. The van der Waals surface area contributed by atoms with Crippen molar-refractivity contribution in [2.75, 3.05) is 0 Å². The molecule has 0 spiro atoms. The summed E-state index contributed by atoms with van der Waals surface area (Å²) < 4.78 is 51.9. The Balaban J connectivity index is 0.000000891. The van der Waals surface area contributed by atoms with Crippen LogP contribution in [-0.2, 0) is 17.0 Å². The summed E-state index contributed by atoms with van der Waals surface area (Å²) in [6.45, 7) is 1.70. The topological polar surface area (TPSA) is 32.6 Å². The van der Waals surface area contributed by atoms with Crippen molar-refractivity contribution in [3.63, 3.8) is 0 Å². The van der Waals surface area contributed by atoms with Gasteiger partial charge in [0.2, 0.25) is 0 Å². The fraction of sp³-hybridized carbons (Fsp3) is 0.533. The Labute approximate surface area is 154 Å². The van der Waals surface area contributed by atoms with Crippen LogP contribution in [0.3, 0.4) is 0 Å². The van der Waals surface area contributed by atoms with E-state index < -0.39 is 41.3 Å². The average Bonchev–Trinajstić information content (AvgIpc) is 2.50. The van der Waals surface area contributed by atoms with Crippen LogP contribution in [-0.4, -0.2) is 29.7 Å². The molecule has 1 aliphatic rings. The van der Waals surface area contributed by atoms with Gasteiger partial charge >= 0.3 is 41.8 Å². The van der Waals surface area contributed by atoms with Gasteiger partial charge in [0.25, 0.3) is 0 Å². The van der Waals surface area contributed by atoms with Gasteiger partial charge in [0.15, 0.2) is 0 Å². The van der Waals surface area contributed by atoms with E-state index in [-0.39, 0.29) is 25.0 Å². The Morgan fingerprint density at radius 3 is 2.50 bits per heavy atom. The number of phenols is 1. The minimum absolute atomic E-state index is 0.0137. The fourth-order valence-electron chi connectivity index (χ4n) is 2.52. The number of phenolic OH excluding ortho intramolecular Hbond substituents is 1. The van der Waals surface area contributed by atoms with E-state index in [1.165, 1.54) is 6.21 Å². The third-order valence-electron chi connectivity index (χ3n) is 3.87. The molecule has 0 radical (unpaired) electrons. The zero-order chi connectivity index (χ0) is 18.3. The summed E-state index contributed by atoms with van der Waals surface area (Å²) in [6, 6.07) is 3.97. The van der Waals surface area contributed by atoms with Crippen molar-refractivity contribution in [2.45, 2.75) is 44.6 Å². The maximum absolute atomic E-state index is 13.7. The van der Waals surface area contributed by atoms with Crippen molar-refractivity contribution in [3.05, 3.63) is 29.3 Å². The number of nitrogens with zero attached hydrogens (tertiary/aromatic N) is 1. The number of rotatable bonds is 2. The van der Waals surface area contributed by atoms with Crippen molar-refractivity contribution in [1.82, 2.24) is 0 Å². The molecular formula is C15H17Cl2F4NOTi. The van der Waals surface area contributed by atoms with Gasteiger partial charge in [-0.05, 0) is 37.8 Å². The Kier molecular flexibility index (Phi) is 9.06. The zero-order valence-electron chi connectivity index (χ0n) is 12.8. The van der Waals surface area contributed by atoms with Gasteiger partial charge in [-0.2, -0.15) is 13.2 Å². The van der Waals surface area contributed by atoms with Gasteiger partial charge in [-0.25, -0.2) is 4.39 Å². The summed E-state index contributed by atoms with van der Waals surface area (Å²) in [7, 11) is 9.78. The van der Waals surface area contributed by atoms with Crippen LogP contribution >= 0.6 is 18.6 Å². The second-order valence-electron chi connectivity index (χ2n) is 5.50. The second-order valence-corrected chi connectivity index (χ2v) is 8.08. The van der Waals surface area contributed by atoms with Gasteiger partial charge in [0.1, 0.15) is 11.9 Å². The molecule has 0 amide bonds. The first-order valence-corrected chi connectivity index (χ1v) is 11.5. The predicted octanol–water partition coefficient (Wildman–Crippen LogP) is 5.57. The summed E-state index contributed by atoms with van der Waals surface area (Å²) >= 11 is -0.556. The van der Waals surface area contributed by atoms with E-state index in [1.807, 2.05) is 0 Å². The van der Waals surface area contributed by atoms with Crippen molar-refractivity contribution in [2.24, 2.45) is 10.9 Å². The van der Waals surface area contributed by atoms with Crippen LogP contribution in [0.15, 0.2) is 23.2 Å². The summed E-state index contributed by atoms with van der Waals surface area (Å²) in [5.41, 5.74) is 1.02. The van der Waals surface area contributed by atoms with Gasteiger partial charge in [-0.15, -0.1) is 0 Å². The second kappa shape index (κ2) is 10.00. The normalized spacial score (nSPS) is 24.4. The van der Waals surface area contributed by atoms with E-state index in [2.05, 4.69) is 4.99 Å². The van der Waals surface area contributed by atoms with Crippen LogP contribution in [0, 0.1) is 12.8 Å². The molecule has 2 nitrogen and oxygen atoms in total. The number of benzene rings is 1. The maximum atomic E-state index is 13.7. The van der Waals surface area contributed by atoms with Gasteiger partial charge < -0.3 is 5.11 Å². The SMILES string of the molecule is Cc1cccc(C=NC2CC(C(F)(F)F)CCC2F)c1O.[Cl][Ti][Cl]. The Morgan fingerprint density at radius 2 is 1.92 bits per heavy atom. The number of aliphatic imine (C=N–C) groups is 1. The molecule has 0 heterocycles. The minimum atomic E-state index is -4.31. The van der Waals surface area contributed by atoms with Crippen LogP contribution in [0.1, 0.15) is 30.4 Å². The molecule has 1 N–H and O–H groups in total. The predicted molar refractivity (Wildman–Crippen MR) is 84.2 cm³/mol. The van der Waals surface area contributed by atoms with E-state index in [9.17, 15) is 22.7 Å². The van der Waals surface area contributed by atoms with E-state index >= 15 is 0 Å². The van der Waals surface area contributed by atoms with E-state index in [0.29, 0.717) is 11.1 Å². The Hall–Kier alpha value is -0.296. The molecule has 1 aliphatic carbocycles. The molecule has 3 atom stereocenters. The molecule has 0 saturated heterocycles. The number of aromatic hydroxyl groups is 1. The molecule has 9 heteroatoms. The molecule has 2 rings (SSSR count). The summed E-state index contributed by atoms with van der Waals surface area (Å²) in [5.74, 6) is -1.49. The number of hydrogen-bond donors (Lipinski definition) is 1. The van der Waals surface area contributed by atoms with Gasteiger partial charge in [-0.1, -0.05) is 12.1 Å². The van der Waals surface area contributed by atoms with Gasteiger partial charge in [-0.3, -0.25) is 4.99 Å². The van der Waals surface area contributed by atoms with Crippen LogP contribution in [0.4, 0.5) is 17.6 Å². The first kappa shape index (κ1) is 21.7. The molecule has 0 aliphatic heterocycles. The number of para-hydroxylation sites is 1. The van der Waals surface area contributed by atoms with E-state index in [4.69, 9.17) is 18.6 Å². The van der Waals surface area contributed by atoms with Crippen molar-refractivity contribution >= 4 is 24.8 Å². The van der Waals surface area contributed by atoms with Crippen LogP contribution < -0.4 is 0 Å². The molecule has 134 valence electrons. The van der Waals surface area contributed by atoms with Gasteiger partial charge in [0, 0.05) is 11.8 Å². The standard InChI is InChI=1S/C15H17F4NO.2ClH.Ti/c1-9-3-2-4-10(14(9)21)8-20-13-7-11(15(17,18)19)5-6-12(13)16;;;/h2-4,8,11-13,21H,5-7H2,1H3;2*1H;/q;;;+2/p-2. The molecule has 1 aromatic rings. The number of aryl methyl sites for hydroxylation is 1. The summed E-state index contributed by atoms with van der Waals surface area (Å²) in [5, 5.41) is 9.81. The molecule has 1 fully saturated rings. The molecule has 1 aromatic carbocycles. The van der Waals surface area contributed by atoms with E-state index in [0.717, 1.165) is 0 Å². The number of halogens is 6.